The predicted octanol–water partition coefficient (Wildman–Crippen LogP) is 3.20. The van der Waals surface area contributed by atoms with Crippen molar-refractivity contribution in [2.24, 2.45) is 11.8 Å². The fourth-order valence-corrected chi connectivity index (χ4v) is 3.55. The molecule has 0 radical (unpaired) electrons. The Bertz CT molecular complexity index is 295. The quantitative estimate of drug-likeness (QED) is 0.839. The summed E-state index contributed by atoms with van der Waals surface area (Å²) in [5.41, 5.74) is 0. The topological polar surface area (TPSA) is 23.5 Å². The van der Waals surface area contributed by atoms with Gasteiger partial charge in [0, 0.05) is 19.1 Å². The van der Waals surface area contributed by atoms with Crippen LogP contribution < -0.4 is 0 Å². The molecule has 0 amide bonds. The Labute approximate surface area is 113 Å². The average Bonchev–Trinajstić information content (AvgIpc) is 2.32. The molecular formula is C14H24F3NO. The molecular weight excluding hydrogens is 255 g/mol. The molecule has 2 aliphatic rings. The van der Waals surface area contributed by atoms with E-state index >= 15 is 0 Å². The average molecular weight is 279 g/mol. The third kappa shape index (κ3) is 4.09. The fraction of sp³-hybridized carbons (Fsp3) is 1.00. The van der Waals surface area contributed by atoms with Gasteiger partial charge in [0.1, 0.15) is 0 Å². The van der Waals surface area contributed by atoms with Crippen LogP contribution in [0.3, 0.4) is 0 Å². The van der Waals surface area contributed by atoms with Crippen molar-refractivity contribution in [3.63, 3.8) is 0 Å². The van der Waals surface area contributed by atoms with Crippen molar-refractivity contribution in [3.8, 4) is 0 Å². The van der Waals surface area contributed by atoms with Crippen LogP contribution >= 0.6 is 0 Å². The number of aliphatic hydroxyl groups is 1. The molecule has 2 nitrogen and oxygen atoms in total. The molecule has 1 N–H and O–H groups in total. The van der Waals surface area contributed by atoms with Crippen LogP contribution in [0.25, 0.3) is 0 Å². The van der Waals surface area contributed by atoms with Crippen molar-refractivity contribution in [2.45, 2.75) is 63.8 Å². The number of hydrogen-bond acceptors (Lipinski definition) is 2. The minimum Gasteiger partial charge on any atom is -0.393 e. The highest BCUT2D eigenvalue weighted by atomic mass is 19.4. The van der Waals surface area contributed by atoms with E-state index in [4.69, 9.17) is 0 Å². The Morgan fingerprint density at radius 1 is 1.16 bits per heavy atom. The second-order valence-electron chi connectivity index (χ2n) is 6.29. The maximum atomic E-state index is 12.8. The summed E-state index contributed by atoms with van der Waals surface area (Å²) in [6.07, 6.45) is -0.570. The van der Waals surface area contributed by atoms with Gasteiger partial charge in [-0.15, -0.1) is 0 Å². The van der Waals surface area contributed by atoms with Crippen LogP contribution in [0.5, 0.6) is 0 Å². The molecule has 5 heteroatoms. The van der Waals surface area contributed by atoms with Crippen molar-refractivity contribution >= 4 is 0 Å². The first kappa shape index (κ1) is 15.1. The van der Waals surface area contributed by atoms with Gasteiger partial charge in [-0.25, -0.2) is 0 Å². The molecule has 0 bridgehead atoms. The molecule has 2 rings (SSSR count). The number of likely N-dealkylation sites (tertiary alicyclic amines) is 1. The van der Waals surface area contributed by atoms with Crippen molar-refractivity contribution in [2.75, 3.05) is 13.1 Å². The summed E-state index contributed by atoms with van der Waals surface area (Å²) in [6.45, 7) is 3.64. The highest BCUT2D eigenvalue weighted by molar-refractivity contribution is 4.84. The number of aliphatic hydroxyl groups excluding tert-OH is 1. The molecule has 4 atom stereocenters. The zero-order valence-electron chi connectivity index (χ0n) is 11.5. The molecule has 1 saturated heterocycles. The van der Waals surface area contributed by atoms with Crippen LogP contribution in [0.2, 0.25) is 0 Å². The summed E-state index contributed by atoms with van der Waals surface area (Å²) >= 11 is 0. The molecule has 0 aromatic heterocycles. The smallest absolute Gasteiger partial charge is 0.391 e. The molecule has 1 aliphatic heterocycles. The van der Waals surface area contributed by atoms with E-state index in [0.29, 0.717) is 12.8 Å². The SMILES string of the molecule is CC1CC(O)CCN1CC1CCC[C@@H](C(F)(F)F)C1. The van der Waals surface area contributed by atoms with Crippen LogP contribution in [0, 0.1) is 11.8 Å². The lowest BCUT2D eigenvalue weighted by atomic mass is 9.80. The second-order valence-corrected chi connectivity index (χ2v) is 6.29. The molecule has 0 aromatic rings. The number of hydrogen-bond donors (Lipinski definition) is 1. The van der Waals surface area contributed by atoms with Gasteiger partial charge in [0.15, 0.2) is 0 Å². The van der Waals surface area contributed by atoms with Gasteiger partial charge in [0.05, 0.1) is 12.0 Å². The van der Waals surface area contributed by atoms with Crippen molar-refractivity contribution < 1.29 is 18.3 Å². The zero-order chi connectivity index (χ0) is 14.0. The van der Waals surface area contributed by atoms with Crippen molar-refractivity contribution in [3.05, 3.63) is 0 Å². The normalized spacial score (nSPS) is 38.4. The number of alkyl halides is 3. The highest BCUT2D eigenvalue weighted by Crippen LogP contribution is 2.40. The van der Waals surface area contributed by atoms with Crippen LogP contribution in [0.15, 0.2) is 0 Å². The standard InChI is InChI=1S/C14H24F3NO/c1-10-7-13(19)5-6-18(10)9-11-3-2-4-12(8-11)14(15,16)17/h10-13,19H,2-9H2,1H3/t10?,11?,12-,13?/m1/s1. The van der Waals surface area contributed by atoms with E-state index in [1.54, 1.807) is 0 Å². The summed E-state index contributed by atoms with van der Waals surface area (Å²) in [6, 6.07) is 0.287. The molecule has 3 unspecified atom stereocenters. The lowest BCUT2D eigenvalue weighted by molar-refractivity contribution is -0.186. The van der Waals surface area contributed by atoms with Crippen molar-refractivity contribution in [1.29, 1.82) is 0 Å². The Morgan fingerprint density at radius 2 is 1.89 bits per heavy atom. The van der Waals surface area contributed by atoms with E-state index in [9.17, 15) is 18.3 Å². The molecule has 2 fully saturated rings. The monoisotopic (exact) mass is 279 g/mol. The van der Waals surface area contributed by atoms with Crippen LogP contribution in [-0.2, 0) is 0 Å². The van der Waals surface area contributed by atoms with E-state index in [0.717, 1.165) is 32.4 Å². The maximum absolute atomic E-state index is 12.8. The highest BCUT2D eigenvalue weighted by Gasteiger charge is 2.42. The van der Waals surface area contributed by atoms with Gasteiger partial charge < -0.3 is 10.0 Å². The summed E-state index contributed by atoms with van der Waals surface area (Å²) < 4.78 is 38.3. The Morgan fingerprint density at radius 3 is 2.53 bits per heavy atom. The first-order valence-corrected chi connectivity index (χ1v) is 7.35. The molecule has 112 valence electrons. The van der Waals surface area contributed by atoms with Gasteiger partial charge in [0.2, 0.25) is 0 Å². The van der Waals surface area contributed by atoms with Gasteiger partial charge >= 0.3 is 6.18 Å². The minimum atomic E-state index is -4.03. The minimum absolute atomic E-state index is 0.165. The van der Waals surface area contributed by atoms with Crippen molar-refractivity contribution in [1.82, 2.24) is 4.90 Å². The second kappa shape index (κ2) is 6.00. The first-order valence-electron chi connectivity index (χ1n) is 7.35. The summed E-state index contributed by atoms with van der Waals surface area (Å²) in [5.74, 6) is -0.935. The molecule has 1 aliphatic carbocycles. The predicted molar refractivity (Wildman–Crippen MR) is 67.8 cm³/mol. The number of piperidine rings is 1. The van der Waals surface area contributed by atoms with E-state index in [-0.39, 0.29) is 24.5 Å². The van der Waals surface area contributed by atoms with Gasteiger partial charge in [-0.05, 0) is 44.9 Å². The summed E-state index contributed by atoms with van der Waals surface area (Å²) in [4.78, 5) is 2.26. The van der Waals surface area contributed by atoms with Gasteiger partial charge in [-0.1, -0.05) is 6.42 Å². The number of rotatable bonds is 2. The Hall–Kier alpha value is -0.290. The summed E-state index contributed by atoms with van der Waals surface area (Å²) in [5, 5.41) is 9.58. The maximum Gasteiger partial charge on any atom is 0.391 e. The Balaban J connectivity index is 1.85. The van der Waals surface area contributed by atoms with Crippen LogP contribution in [0.4, 0.5) is 13.2 Å². The largest absolute Gasteiger partial charge is 0.393 e. The van der Waals surface area contributed by atoms with E-state index in [1.807, 2.05) is 0 Å². The lowest BCUT2D eigenvalue weighted by Gasteiger charge is -2.40. The number of nitrogens with zero attached hydrogens (tertiary/aromatic N) is 1. The van der Waals surface area contributed by atoms with Gasteiger partial charge in [0.25, 0.3) is 0 Å². The lowest BCUT2D eigenvalue weighted by Crippen LogP contribution is -2.45. The van der Waals surface area contributed by atoms with E-state index in [2.05, 4.69) is 11.8 Å². The third-order valence-corrected chi connectivity index (χ3v) is 4.72. The van der Waals surface area contributed by atoms with E-state index in [1.165, 1.54) is 0 Å². The molecule has 0 spiro atoms. The van der Waals surface area contributed by atoms with E-state index < -0.39 is 12.1 Å². The summed E-state index contributed by atoms with van der Waals surface area (Å²) in [7, 11) is 0. The molecule has 1 saturated carbocycles. The zero-order valence-corrected chi connectivity index (χ0v) is 11.5. The fourth-order valence-electron chi connectivity index (χ4n) is 3.55. The molecule has 0 aromatic carbocycles. The molecule has 1 heterocycles. The van der Waals surface area contributed by atoms with Crippen LogP contribution in [-0.4, -0.2) is 41.4 Å². The Kier molecular flexibility index (Phi) is 4.77. The first-order chi connectivity index (χ1) is 8.86. The third-order valence-electron chi connectivity index (χ3n) is 4.72. The molecule has 19 heavy (non-hydrogen) atoms. The number of halogens is 3. The van der Waals surface area contributed by atoms with Crippen LogP contribution in [0.1, 0.15) is 45.4 Å². The van der Waals surface area contributed by atoms with Gasteiger partial charge in [-0.3, -0.25) is 0 Å². The van der Waals surface area contributed by atoms with Gasteiger partial charge in [-0.2, -0.15) is 13.2 Å².